The van der Waals surface area contributed by atoms with Crippen LogP contribution in [0.25, 0.3) is 10.9 Å². The van der Waals surface area contributed by atoms with Gasteiger partial charge in [0.15, 0.2) is 5.78 Å². The third kappa shape index (κ3) is 1.65. The van der Waals surface area contributed by atoms with E-state index in [0.717, 1.165) is 0 Å². The number of benzene rings is 1. The highest BCUT2D eigenvalue weighted by atomic mass is 16.5. The van der Waals surface area contributed by atoms with Crippen LogP contribution in [0.5, 0.6) is 11.5 Å². The predicted molar refractivity (Wildman–Crippen MR) is 62.8 cm³/mol. The number of aromatic nitrogens is 1. The molecule has 0 saturated heterocycles. The summed E-state index contributed by atoms with van der Waals surface area (Å²) >= 11 is 0. The zero-order valence-electron chi connectivity index (χ0n) is 9.40. The van der Waals surface area contributed by atoms with Gasteiger partial charge >= 0.3 is 0 Å². The highest BCUT2D eigenvalue weighted by Gasteiger charge is 2.17. The van der Waals surface area contributed by atoms with E-state index in [0.29, 0.717) is 16.7 Å². The molecule has 1 aromatic carbocycles. The molecule has 2 rings (SSSR count). The van der Waals surface area contributed by atoms with E-state index in [1.807, 2.05) is 0 Å². The normalized spacial score (nSPS) is 10.5. The van der Waals surface area contributed by atoms with Gasteiger partial charge in [-0.25, -0.2) is 0 Å². The first-order valence-corrected chi connectivity index (χ1v) is 4.99. The number of ether oxygens (including phenoxy) is 1. The van der Waals surface area contributed by atoms with Crippen molar-refractivity contribution in [1.29, 1.82) is 0 Å². The maximum Gasteiger partial charge on any atom is 0.263 e. The molecule has 2 aromatic rings. The summed E-state index contributed by atoms with van der Waals surface area (Å²) in [5.41, 5.74) is -0.472. The van der Waals surface area contributed by atoms with Crippen LogP contribution in [-0.2, 0) is 0 Å². The number of hydrogen-bond acceptors (Lipinski definition) is 4. The lowest BCUT2D eigenvalue weighted by molar-refractivity contribution is 0.101. The van der Waals surface area contributed by atoms with E-state index in [1.54, 1.807) is 18.2 Å². The summed E-state index contributed by atoms with van der Waals surface area (Å²) < 4.78 is 5.07. The molecule has 0 amide bonds. The van der Waals surface area contributed by atoms with E-state index in [-0.39, 0.29) is 11.3 Å². The quantitative estimate of drug-likeness (QED) is 0.769. The van der Waals surface area contributed by atoms with Crippen molar-refractivity contribution in [2.45, 2.75) is 6.92 Å². The second-order valence-corrected chi connectivity index (χ2v) is 3.62. The van der Waals surface area contributed by atoms with Crippen LogP contribution < -0.4 is 10.3 Å². The molecule has 0 fully saturated rings. The fourth-order valence-electron chi connectivity index (χ4n) is 1.77. The zero-order chi connectivity index (χ0) is 12.6. The fraction of sp³-hybridized carbons (Fsp3) is 0.167. The Kier molecular flexibility index (Phi) is 2.59. The molecule has 0 unspecified atom stereocenters. The SMILES string of the molecule is COc1cccc2c(O)c(C(C)=O)c(=O)[nH]c12. The van der Waals surface area contributed by atoms with Crippen LogP contribution in [0.4, 0.5) is 0 Å². The van der Waals surface area contributed by atoms with Crippen molar-refractivity contribution >= 4 is 16.7 Å². The highest BCUT2D eigenvalue weighted by molar-refractivity contribution is 6.02. The number of aromatic amines is 1. The fourth-order valence-corrected chi connectivity index (χ4v) is 1.77. The van der Waals surface area contributed by atoms with Crippen molar-refractivity contribution in [3.8, 4) is 11.5 Å². The first-order chi connectivity index (χ1) is 8.06. The van der Waals surface area contributed by atoms with Gasteiger partial charge in [-0.05, 0) is 19.1 Å². The molecule has 1 aromatic heterocycles. The largest absolute Gasteiger partial charge is 0.506 e. The Labute approximate surface area is 96.7 Å². The molecule has 0 spiro atoms. The van der Waals surface area contributed by atoms with Crippen LogP contribution in [0.2, 0.25) is 0 Å². The molecule has 17 heavy (non-hydrogen) atoms. The molecule has 0 aliphatic rings. The van der Waals surface area contributed by atoms with Crippen molar-refractivity contribution in [3.63, 3.8) is 0 Å². The molecule has 0 saturated carbocycles. The summed E-state index contributed by atoms with van der Waals surface area (Å²) in [5.74, 6) is -0.353. The number of ketones is 1. The van der Waals surface area contributed by atoms with Gasteiger partial charge in [-0.15, -0.1) is 0 Å². The monoisotopic (exact) mass is 233 g/mol. The van der Waals surface area contributed by atoms with Gasteiger partial charge in [-0.2, -0.15) is 0 Å². The molecule has 0 atom stereocenters. The lowest BCUT2D eigenvalue weighted by atomic mass is 10.1. The average molecular weight is 233 g/mol. The molecule has 88 valence electrons. The lowest BCUT2D eigenvalue weighted by Crippen LogP contribution is -2.16. The van der Waals surface area contributed by atoms with Crippen LogP contribution in [0.1, 0.15) is 17.3 Å². The minimum atomic E-state index is -0.619. The van der Waals surface area contributed by atoms with Crippen LogP contribution in [-0.4, -0.2) is 23.0 Å². The molecule has 5 heteroatoms. The standard InChI is InChI=1S/C12H11NO4/c1-6(14)9-11(15)7-4-3-5-8(17-2)10(7)13-12(9)16/h3-5H,1-2H3,(H2,13,15,16). The summed E-state index contributed by atoms with van der Waals surface area (Å²) in [4.78, 5) is 25.5. The van der Waals surface area contributed by atoms with Crippen molar-refractivity contribution in [2.24, 2.45) is 0 Å². The summed E-state index contributed by atoms with van der Waals surface area (Å²) in [7, 11) is 1.46. The molecule has 0 radical (unpaired) electrons. The topological polar surface area (TPSA) is 79.4 Å². The number of carbonyl (C=O) groups is 1. The molecule has 0 aliphatic carbocycles. The summed E-state index contributed by atoms with van der Waals surface area (Å²) in [5, 5.41) is 10.3. The van der Waals surface area contributed by atoms with E-state index in [2.05, 4.69) is 4.98 Å². The summed E-state index contributed by atoms with van der Waals surface area (Å²) in [6, 6.07) is 4.93. The first-order valence-electron chi connectivity index (χ1n) is 4.99. The maximum atomic E-state index is 11.7. The Morgan fingerprint density at radius 2 is 2.12 bits per heavy atom. The molecule has 0 bridgehead atoms. The minimum absolute atomic E-state index is 0.231. The number of pyridine rings is 1. The Bertz CT molecular complexity index is 657. The number of hydrogen-bond donors (Lipinski definition) is 2. The minimum Gasteiger partial charge on any atom is -0.506 e. The van der Waals surface area contributed by atoms with E-state index in [9.17, 15) is 14.7 Å². The van der Waals surface area contributed by atoms with Crippen molar-refractivity contribution in [3.05, 3.63) is 34.1 Å². The summed E-state index contributed by atoms with van der Waals surface area (Å²) in [6.07, 6.45) is 0. The van der Waals surface area contributed by atoms with Gasteiger partial charge in [0.2, 0.25) is 0 Å². The first kappa shape index (κ1) is 11.2. The number of rotatable bonds is 2. The summed E-state index contributed by atoms with van der Waals surface area (Å²) in [6.45, 7) is 1.23. The third-order valence-electron chi connectivity index (χ3n) is 2.56. The number of para-hydroxylation sites is 1. The molecule has 2 N–H and O–H groups in total. The number of nitrogens with one attached hydrogen (secondary N) is 1. The Balaban J connectivity index is 2.96. The number of carbonyl (C=O) groups excluding carboxylic acids is 1. The van der Waals surface area contributed by atoms with Crippen molar-refractivity contribution < 1.29 is 14.6 Å². The predicted octanol–water partition coefficient (Wildman–Crippen LogP) is 1.44. The van der Waals surface area contributed by atoms with Gasteiger partial charge in [-0.3, -0.25) is 9.59 Å². The number of aromatic hydroxyl groups is 1. The van der Waals surface area contributed by atoms with E-state index >= 15 is 0 Å². The second-order valence-electron chi connectivity index (χ2n) is 3.62. The molecule has 5 nitrogen and oxygen atoms in total. The van der Waals surface area contributed by atoms with Crippen LogP contribution >= 0.6 is 0 Å². The Morgan fingerprint density at radius 3 is 2.71 bits per heavy atom. The van der Waals surface area contributed by atoms with Gasteiger partial charge < -0.3 is 14.8 Å². The number of H-pyrrole nitrogens is 1. The van der Waals surface area contributed by atoms with Gasteiger partial charge in [-0.1, -0.05) is 6.07 Å². The van der Waals surface area contributed by atoms with Crippen LogP contribution in [0, 0.1) is 0 Å². The molecular weight excluding hydrogens is 222 g/mol. The van der Waals surface area contributed by atoms with Crippen LogP contribution in [0.15, 0.2) is 23.0 Å². The number of methoxy groups -OCH3 is 1. The van der Waals surface area contributed by atoms with Gasteiger partial charge in [0, 0.05) is 5.39 Å². The number of Topliss-reactive ketones (excluding diaryl/α,β-unsaturated/α-hetero) is 1. The van der Waals surface area contributed by atoms with Gasteiger partial charge in [0.1, 0.15) is 17.1 Å². The van der Waals surface area contributed by atoms with Crippen molar-refractivity contribution in [1.82, 2.24) is 4.98 Å². The molecular formula is C12H11NO4. The molecule has 1 heterocycles. The lowest BCUT2D eigenvalue weighted by Gasteiger charge is -2.08. The Morgan fingerprint density at radius 1 is 1.41 bits per heavy atom. The second kappa shape index (κ2) is 3.93. The maximum absolute atomic E-state index is 11.7. The van der Waals surface area contributed by atoms with E-state index in [4.69, 9.17) is 4.74 Å². The Hall–Kier alpha value is -2.30. The molecule has 0 aliphatic heterocycles. The van der Waals surface area contributed by atoms with Crippen molar-refractivity contribution in [2.75, 3.05) is 7.11 Å². The number of fused-ring (bicyclic) bond motifs is 1. The van der Waals surface area contributed by atoms with Crippen LogP contribution in [0.3, 0.4) is 0 Å². The van der Waals surface area contributed by atoms with E-state index < -0.39 is 11.3 Å². The smallest absolute Gasteiger partial charge is 0.263 e. The van der Waals surface area contributed by atoms with E-state index in [1.165, 1.54) is 14.0 Å². The average Bonchev–Trinajstić information content (AvgIpc) is 2.28. The highest BCUT2D eigenvalue weighted by Crippen LogP contribution is 2.30. The third-order valence-corrected chi connectivity index (χ3v) is 2.56. The van der Waals surface area contributed by atoms with Gasteiger partial charge in [0.25, 0.3) is 5.56 Å². The van der Waals surface area contributed by atoms with Gasteiger partial charge in [0.05, 0.1) is 12.6 Å². The zero-order valence-corrected chi connectivity index (χ0v) is 9.40.